The van der Waals surface area contributed by atoms with Crippen LogP contribution >= 0.6 is 25.3 Å². The van der Waals surface area contributed by atoms with E-state index in [1.54, 1.807) is 0 Å². The number of carbonyl (C=O) groups excluding carboxylic acids is 2. The maximum Gasteiger partial charge on any atom is 0.423 e. The fourth-order valence-electron chi connectivity index (χ4n) is 0.424. The fourth-order valence-corrected chi connectivity index (χ4v) is 1.27. The van der Waals surface area contributed by atoms with Gasteiger partial charge in [-0.25, -0.2) is 9.59 Å². The Hall–Kier alpha value is -0.290. The first kappa shape index (κ1) is 15.7. The highest BCUT2D eigenvalue weighted by Gasteiger charge is 2.22. The zero-order chi connectivity index (χ0) is 12.7. The van der Waals surface area contributed by atoms with Gasteiger partial charge in [-0.2, -0.15) is 29.5 Å². The Labute approximate surface area is 106 Å². The smallest absolute Gasteiger partial charge is 0.333 e. The largest absolute Gasteiger partial charge is 0.423 e. The van der Waals surface area contributed by atoms with Crippen molar-refractivity contribution in [3.05, 3.63) is 0 Å². The fraction of sp³-hybridized carbons (Fsp3) is 0.667. The van der Waals surface area contributed by atoms with Crippen LogP contribution in [0.2, 0.25) is 0 Å². The van der Waals surface area contributed by atoms with E-state index in [1.165, 1.54) is 0 Å². The van der Waals surface area contributed by atoms with Gasteiger partial charge in [-0.05, 0) is 0 Å². The van der Waals surface area contributed by atoms with Crippen LogP contribution in [0.15, 0.2) is 0 Å². The highest BCUT2D eigenvalue weighted by molar-refractivity contribution is 7.80. The Balaban J connectivity index is 4.09. The van der Waals surface area contributed by atoms with Gasteiger partial charge in [0.1, 0.15) is 12.1 Å². The molecule has 0 aromatic heterocycles. The number of nitrogens with two attached hydrogens (primary N) is 2. The zero-order valence-electron chi connectivity index (χ0n) is 8.07. The summed E-state index contributed by atoms with van der Waals surface area (Å²) in [5.74, 6) is -1.94. The van der Waals surface area contributed by atoms with Crippen molar-refractivity contribution in [1.82, 2.24) is 0 Å². The predicted octanol–water partition coefficient (Wildman–Crippen LogP) is -1.83. The molecule has 0 radical (unpaired) electrons. The van der Waals surface area contributed by atoms with E-state index in [-0.39, 0.29) is 11.5 Å². The van der Waals surface area contributed by atoms with E-state index >= 15 is 0 Å². The molecular formula is C6H12N2O5S3. The molecule has 4 N–H and O–H groups in total. The van der Waals surface area contributed by atoms with Crippen molar-refractivity contribution in [2.75, 3.05) is 11.5 Å². The van der Waals surface area contributed by atoms with Crippen LogP contribution in [0, 0.1) is 0 Å². The normalized spacial score (nSPS) is 14.3. The Morgan fingerprint density at radius 2 is 1.38 bits per heavy atom. The molecule has 0 saturated carbocycles. The van der Waals surface area contributed by atoms with Gasteiger partial charge in [-0.15, -0.1) is 0 Å². The van der Waals surface area contributed by atoms with Crippen LogP contribution in [0.4, 0.5) is 0 Å². The van der Waals surface area contributed by atoms with Gasteiger partial charge in [0.05, 0.1) is 0 Å². The molecule has 7 nitrogen and oxygen atoms in total. The molecule has 0 unspecified atom stereocenters. The summed E-state index contributed by atoms with van der Waals surface area (Å²) in [6.07, 6.45) is 0. The van der Waals surface area contributed by atoms with Gasteiger partial charge >= 0.3 is 23.3 Å². The molecule has 0 saturated heterocycles. The van der Waals surface area contributed by atoms with Crippen LogP contribution in [-0.2, 0) is 29.3 Å². The molecule has 10 heteroatoms. The molecule has 0 aliphatic heterocycles. The third-order valence-corrected chi connectivity index (χ3v) is 2.69. The molecule has 0 bridgehead atoms. The van der Waals surface area contributed by atoms with E-state index in [1.807, 2.05) is 0 Å². The highest BCUT2D eigenvalue weighted by atomic mass is 32.2. The van der Waals surface area contributed by atoms with E-state index in [0.29, 0.717) is 0 Å². The van der Waals surface area contributed by atoms with Crippen LogP contribution in [0.3, 0.4) is 0 Å². The Kier molecular flexibility index (Phi) is 7.76. The SMILES string of the molecule is N[C@@H](CS)C(=O)OS(=O)OC(=O)[C@@H](N)CS. The van der Waals surface area contributed by atoms with Crippen LogP contribution in [-0.4, -0.2) is 39.7 Å². The van der Waals surface area contributed by atoms with E-state index < -0.39 is 35.4 Å². The standard InChI is InChI=1S/C6H12N2O5S3/c7-3(1-14)5(9)12-16(11)13-6(10)4(8)2-15/h3-4,14-15H,1-2,7-8H2/t3-,4-/m0/s1. The summed E-state index contributed by atoms with van der Waals surface area (Å²) in [6, 6.07) is -2.07. The Morgan fingerprint density at radius 1 is 1.06 bits per heavy atom. The van der Waals surface area contributed by atoms with Gasteiger partial charge in [0.2, 0.25) is 0 Å². The van der Waals surface area contributed by atoms with Crippen molar-refractivity contribution in [3.8, 4) is 0 Å². The Bertz CT molecular complexity index is 261. The number of thiol groups is 2. The molecule has 0 spiro atoms. The molecule has 16 heavy (non-hydrogen) atoms. The van der Waals surface area contributed by atoms with E-state index in [2.05, 4.69) is 33.6 Å². The van der Waals surface area contributed by atoms with Gasteiger partial charge in [-0.3, -0.25) is 0 Å². The van der Waals surface area contributed by atoms with Gasteiger partial charge in [0.15, 0.2) is 0 Å². The molecule has 0 aromatic carbocycles. The van der Waals surface area contributed by atoms with Crippen molar-refractivity contribution in [1.29, 1.82) is 0 Å². The molecule has 0 fully saturated rings. The van der Waals surface area contributed by atoms with Crippen molar-refractivity contribution in [3.63, 3.8) is 0 Å². The average molecular weight is 288 g/mol. The molecule has 94 valence electrons. The van der Waals surface area contributed by atoms with Gasteiger partial charge in [0.25, 0.3) is 0 Å². The third-order valence-electron chi connectivity index (χ3n) is 1.30. The van der Waals surface area contributed by atoms with E-state index in [9.17, 15) is 13.8 Å². The zero-order valence-corrected chi connectivity index (χ0v) is 10.7. The van der Waals surface area contributed by atoms with Crippen LogP contribution in [0.1, 0.15) is 0 Å². The highest BCUT2D eigenvalue weighted by Crippen LogP contribution is 1.98. The molecule has 0 amide bonds. The van der Waals surface area contributed by atoms with E-state index in [0.717, 1.165) is 0 Å². The Morgan fingerprint density at radius 3 is 1.62 bits per heavy atom. The van der Waals surface area contributed by atoms with Crippen molar-refractivity contribution in [2.45, 2.75) is 12.1 Å². The number of rotatable bonds is 6. The maximum absolute atomic E-state index is 11.0. The molecule has 0 aromatic rings. The number of hydrogen-bond donors (Lipinski definition) is 4. The minimum Gasteiger partial charge on any atom is -0.333 e. The number of hydrogen-bond acceptors (Lipinski definition) is 9. The summed E-state index contributed by atoms with van der Waals surface area (Å²) in [4.78, 5) is 22.0. The monoisotopic (exact) mass is 288 g/mol. The first-order chi connectivity index (χ1) is 7.42. The first-order valence-electron chi connectivity index (χ1n) is 4.01. The van der Waals surface area contributed by atoms with Crippen LogP contribution in [0.5, 0.6) is 0 Å². The minimum absolute atomic E-state index is 0.0140. The summed E-state index contributed by atoms with van der Waals surface area (Å²) < 4.78 is 19.4. The maximum atomic E-state index is 11.0. The lowest BCUT2D eigenvalue weighted by Crippen LogP contribution is -2.37. The predicted molar refractivity (Wildman–Crippen MR) is 64.0 cm³/mol. The molecule has 0 heterocycles. The van der Waals surface area contributed by atoms with Crippen molar-refractivity contribution < 1.29 is 22.2 Å². The summed E-state index contributed by atoms with van der Waals surface area (Å²) in [5, 5.41) is 0. The molecule has 0 rings (SSSR count). The van der Waals surface area contributed by atoms with Crippen LogP contribution in [0.25, 0.3) is 0 Å². The summed E-state index contributed by atoms with van der Waals surface area (Å²) in [7, 11) is 0. The lowest BCUT2D eigenvalue weighted by Gasteiger charge is -2.09. The molecule has 0 aliphatic carbocycles. The lowest BCUT2D eigenvalue weighted by molar-refractivity contribution is -0.137. The third kappa shape index (κ3) is 5.70. The second-order valence-electron chi connectivity index (χ2n) is 2.59. The quantitative estimate of drug-likeness (QED) is 0.424. The van der Waals surface area contributed by atoms with Crippen LogP contribution < -0.4 is 11.5 Å². The molecular weight excluding hydrogens is 276 g/mol. The second kappa shape index (κ2) is 7.90. The molecule has 0 aliphatic rings. The van der Waals surface area contributed by atoms with Gasteiger partial charge in [-0.1, -0.05) is 0 Å². The van der Waals surface area contributed by atoms with Gasteiger partial charge < -0.3 is 19.8 Å². The topological polar surface area (TPSA) is 122 Å². The summed E-state index contributed by atoms with van der Waals surface area (Å²) in [5.41, 5.74) is 10.4. The average Bonchev–Trinajstić information content (AvgIpc) is 2.26. The van der Waals surface area contributed by atoms with Gasteiger partial charge in [0, 0.05) is 11.5 Å². The summed E-state index contributed by atoms with van der Waals surface area (Å²) in [6.45, 7) is 0. The summed E-state index contributed by atoms with van der Waals surface area (Å²) >= 11 is 4.91. The van der Waals surface area contributed by atoms with E-state index in [4.69, 9.17) is 11.5 Å². The molecule has 2 atom stereocenters. The lowest BCUT2D eigenvalue weighted by atomic mass is 10.4. The number of carbonyl (C=O) groups is 2. The minimum atomic E-state index is -2.55. The van der Waals surface area contributed by atoms with Crippen molar-refractivity contribution in [2.24, 2.45) is 11.5 Å². The van der Waals surface area contributed by atoms with Crippen molar-refractivity contribution >= 4 is 48.6 Å². The first-order valence-corrected chi connectivity index (χ1v) is 6.27. The second-order valence-corrected chi connectivity index (χ2v) is 4.06.